The zero-order valence-electron chi connectivity index (χ0n) is 17.3. The Morgan fingerprint density at radius 3 is 2.61 bits per heavy atom. The summed E-state index contributed by atoms with van der Waals surface area (Å²) in [6, 6.07) is 13.7. The van der Waals surface area contributed by atoms with Gasteiger partial charge in [0.05, 0.1) is 10.2 Å². The Morgan fingerprint density at radius 1 is 1.16 bits per heavy atom. The second-order valence-corrected chi connectivity index (χ2v) is 9.93. The van der Waals surface area contributed by atoms with Crippen LogP contribution >= 0.6 is 47.1 Å². The number of benzene rings is 2. The van der Waals surface area contributed by atoms with Crippen molar-refractivity contribution in [3.63, 3.8) is 0 Å². The number of carbonyl (C=O) groups is 1. The van der Waals surface area contributed by atoms with Crippen molar-refractivity contribution in [3.8, 4) is 0 Å². The summed E-state index contributed by atoms with van der Waals surface area (Å²) in [5.41, 5.74) is 1.72. The van der Waals surface area contributed by atoms with E-state index in [0.717, 1.165) is 64.4 Å². The number of carbonyl (C=O) groups excluding carboxylic acids is 1. The summed E-state index contributed by atoms with van der Waals surface area (Å²) in [5, 5.41) is 4.85. The van der Waals surface area contributed by atoms with Gasteiger partial charge < -0.3 is 10.2 Å². The molecule has 1 aliphatic heterocycles. The lowest BCUT2D eigenvalue weighted by atomic mass is 10.2. The first-order valence-electron chi connectivity index (χ1n) is 10.2. The molecule has 0 unspecified atom stereocenters. The molecule has 1 fully saturated rings. The number of piperazine rings is 1. The van der Waals surface area contributed by atoms with Gasteiger partial charge in [-0.1, -0.05) is 29.9 Å². The molecule has 5 nitrogen and oxygen atoms in total. The predicted octanol–water partition coefficient (Wildman–Crippen LogP) is 5.04. The smallest absolute Gasteiger partial charge is 0.251 e. The van der Waals surface area contributed by atoms with E-state index in [1.807, 2.05) is 42.5 Å². The zero-order chi connectivity index (χ0) is 20.9. The van der Waals surface area contributed by atoms with Gasteiger partial charge in [-0.25, -0.2) is 4.98 Å². The lowest BCUT2D eigenvalue weighted by Crippen LogP contribution is -2.48. The molecule has 1 saturated heterocycles. The van der Waals surface area contributed by atoms with Gasteiger partial charge in [0.1, 0.15) is 0 Å². The Balaban J connectivity index is 0.00000272. The minimum Gasteiger partial charge on any atom is -0.351 e. The SMILES string of the molecule is CCSc1ccc(C(=O)NCCN2CCN(c3nc4ccc(Cl)cc4s3)CC2)cc1.Cl. The largest absolute Gasteiger partial charge is 0.351 e. The van der Waals surface area contributed by atoms with Crippen molar-refractivity contribution in [1.82, 2.24) is 15.2 Å². The fourth-order valence-electron chi connectivity index (χ4n) is 3.48. The van der Waals surface area contributed by atoms with E-state index in [0.29, 0.717) is 6.54 Å². The third-order valence-electron chi connectivity index (χ3n) is 5.12. The summed E-state index contributed by atoms with van der Waals surface area (Å²) < 4.78 is 1.13. The number of nitrogens with zero attached hydrogens (tertiary/aromatic N) is 3. The fraction of sp³-hybridized carbons (Fsp3) is 0.364. The molecule has 0 bridgehead atoms. The van der Waals surface area contributed by atoms with Crippen molar-refractivity contribution in [2.75, 3.05) is 49.9 Å². The molecule has 166 valence electrons. The quantitative estimate of drug-likeness (QED) is 0.464. The third-order valence-corrected chi connectivity index (χ3v) is 7.33. The highest BCUT2D eigenvalue weighted by molar-refractivity contribution is 7.99. The average Bonchev–Trinajstić information content (AvgIpc) is 3.18. The van der Waals surface area contributed by atoms with Crippen LogP contribution in [0.2, 0.25) is 5.02 Å². The lowest BCUT2D eigenvalue weighted by Gasteiger charge is -2.34. The number of rotatable bonds is 7. The minimum atomic E-state index is -0.00480. The van der Waals surface area contributed by atoms with Gasteiger partial charge in [-0.05, 0) is 48.2 Å². The Hall–Kier alpha value is -1.51. The van der Waals surface area contributed by atoms with E-state index in [4.69, 9.17) is 16.6 Å². The number of anilines is 1. The monoisotopic (exact) mass is 496 g/mol. The second kappa shape index (κ2) is 11.4. The van der Waals surface area contributed by atoms with Gasteiger partial charge in [-0.15, -0.1) is 24.2 Å². The van der Waals surface area contributed by atoms with E-state index >= 15 is 0 Å². The van der Waals surface area contributed by atoms with Crippen LogP contribution in [0.4, 0.5) is 5.13 Å². The molecule has 0 radical (unpaired) electrons. The molecular formula is C22H26Cl2N4OS2. The van der Waals surface area contributed by atoms with Crippen LogP contribution < -0.4 is 10.2 Å². The van der Waals surface area contributed by atoms with Gasteiger partial charge in [0.25, 0.3) is 5.91 Å². The Kier molecular flexibility index (Phi) is 8.86. The zero-order valence-corrected chi connectivity index (χ0v) is 20.5. The summed E-state index contributed by atoms with van der Waals surface area (Å²) >= 11 is 9.57. The molecule has 1 aliphatic rings. The molecular weight excluding hydrogens is 471 g/mol. The molecule has 31 heavy (non-hydrogen) atoms. The van der Waals surface area contributed by atoms with Crippen LogP contribution in [-0.4, -0.2) is 60.8 Å². The van der Waals surface area contributed by atoms with Crippen LogP contribution in [0.15, 0.2) is 47.4 Å². The number of amides is 1. The van der Waals surface area contributed by atoms with Gasteiger partial charge >= 0.3 is 0 Å². The van der Waals surface area contributed by atoms with Crippen LogP contribution in [0, 0.1) is 0 Å². The third kappa shape index (κ3) is 6.26. The first-order valence-corrected chi connectivity index (χ1v) is 12.3. The van der Waals surface area contributed by atoms with Crippen LogP contribution in [0.1, 0.15) is 17.3 Å². The van der Waals surface area contributed by atoms with Crippen molar-refractivity contribution in [2.45, 2.75) is 11.8 Å². The van der Waals surface area contributed by atoms with Crippen molar-refractivity contribution in [1.29, 1.82) is 0 Å². The van der Waals surface area contributed by atoms with Crippen LogP contribution in [0.5, 0.6) is 0 Å². The Labute approximate surface area is 202 Å². The number of hydrogen-bond donors (Lipinski definition) is 1. The molecule has 1 aromatic heterocycles. The maximum Gasteiger partial charge on any atom is 0.251 e. The maximum atomic E-state index is 12.3. The van der Waals surface area contributed by atoms with E-state index in [1.54, 1.807) is 23.1 Å². The topological polar surface area (TPSA) is 48.5 Å². The number of aromatic nitrogens is 1. The first kappa shape index (κ1) is 24.1. The van der Waals surface area contributed by atoms with Crippen LogP contribution in [0.3, 0.4) is 0 Å². The van der Waals surface area contributed by atoms with E-state index < -0.39 is 0 Å². The van der Waals surface area contributed by atoms with Crippen molar-refractivity contribution in [2.24, 2.45) is 0 Å². The number of thioether (sulfide) groups is 1. The number of halogens is 2. The Morgan fingerprint density at radius 2 is 1.90 bits per heavy atom. The summed E-state index contributed by atoms with van der Waals surface area (Å²) in [7, 11) is 0. The molecule has 2 aromatic carbocycles. The molecule has 2 heterocycles. The number of thiazole rings is 1. The van der Waals surface area contributed by atoms with Crippen molar-refractivity contribution in [3.05, 3.63) is 53.1 Å². The van der Waals surface area contributed by atoms with Crippen molar-refractivity contribution >= 4 is 68.4 Å². The number of nitrogens with one attached hydrogen (secondary N) is 1. The van der Waals surface area contributed by atoms with E-state index in [9.17, 15) is 4.79 Å². The van der Waals surface area contributed by atoms with Gasteiger partial charge in [0.2, 0.25) is 0 Å². The van der Waals surface area contributed by atoms with Gasteiger partial charge in [0, 0.05) is 54.8 Å². The molecule has 1 amide bonds. The van der Waals surface area contributed by atoms with Crippen LogP contribution in [0.25, 0.3) is 10.2 Å². The van der Waals surface area contributed by atoms with E-state index in [1.165, 1.54) is 4.90 Å². The fourth-order valence-corrected chi connectivity index (χ4v) is 5.44. The summed E-state index contributed by atoms with van der Waals surface area (Å²) in [5.74, 6) is 1.03. The molecule has 0 saturated carbocycles. The highest BCUT2D eigenvalue weighted by Gasteiger charge is 2.20. The van der Waals surface area contributed by atoms with Gasteiger partial charge in [-0.3, -0.25) is 9.69 Å². The minimum absolute atomic E-state index is 0. The second-order valence-electron chi connectivity index (χ2n) is 7.15. The summed E-state index contributed by atoms with van der Waals surface area (Å²) in [4.78, 5) is 23.0. The summed E-state index contributed by atoms with van der Waals surface area (Å²) in [6.07, 6.45) is 0. The normalized spacial score (nSPS) is 14.5. The van der Waals surface area contributed by atoms with Crippen molar-refractivity contribution < 1.29 is 4.79 Å². The van der Waals surface area contributed by atoms with E-state index in [2.05, 4.69) is 22.0 Å². The summed E-state index contributed by atoms with van der Waals surface area (Å²) in [6.45, 7) is 7.46. The molecule has 0 aliphatic carbocycles. The number of hydrogen-bond acceptors (Lipinski definition) is 6. The molecule has 0 spiro atoms. The Bertz CT molecular complexity index is 1000. The highest BCUT2D eigenvalue weighted by Crippen LogP contribution is 2.31. The van der Waals surface area contributed by atoms with Crippen LogP contribution in [-0.2, 0) is 0 Å². The lowest BCUT2D eigenvalue weighted by molar-refractivity contribution is 0.0947. The molecule has 1 N–H and O–H groups in total. The van der Waals surface area contributed by atoms with Gasteiger partial charge in [-0.2, -0.15) is 0 Å². The average molecular weight is 498 g/mol. The molecule has 9 heteroatoms. The van der Waals surface area contributed by atoms with E-state index in [-0.39, 0.29) is 18.3 Å². The predicted molar refractivity (Wildman–Crippen MR) is 136 cm³/mol. The number of fused-ring (bicyclic) bond motifs is 1. The van der Waals surface area contributed by atoms with Gasteiger partial charge in [0.15, 0.2) is 5.13 Å². The first-order chi connectivity index (χ1) is 14.6. The maximum absolute atomic E-state index is 12.3. The standard InChI is InChI=1S/C22H25ClN4OS2.ClH/c1-2-29-18-6-3-16(4-7-18)21(28)24-9-10-26-11-13-27(14-12-26)22-25-19-8-5-17(23)15-20(19)30-22;/h3-8,15H,2,9-14H2,1H3,(H,24,28);1H. The molecule has 4 rings (SSSR count). The highest BCUT2D eigenvalue weighted by atomic mass is 35.5. The molecule has 0 atom stereocenters. The molecule has 3 aromatic rings.